The smallest absolute Gasteiger partial charge is 0.263 e. The predicted molar refractivity (Wildman–Crippen MR) is 143 cm³/mol. The number of likely N-dealkylation sites (tertiary alicyclic amines) is 2. The highest BCUT2D eigenvalue weighted by molar-refractivity contribution is 7.15. The van der Waals surface area contributed by atoms with Crippen molar-refractivity contribution in [2.75, 3.05) is 47.5 Å². The number of carbonyl (C=O) groups excluding carboxylic acids is 3. The maximum absolute atomic E-state index is 13.3. The summed E-state index contributed by atoms with van der Waals surface area (Å²) in [5.41, 5.74) is 1.40. The van der Waals surface area contributed by atoms with Gasteiger partial charge in [-0.05, 0) is 62.8 Å². The summed E-state index contributed by atoms with van der Waals surface area (Å²) in [6, 6.07) is 7.02. The van der Waals surface area contributed by atoms with Crippen LogP contribution in [0, 0.1) is 5.41 Å². The molecule has 2 amide bonds. The minimum absolute atomic E-state index is 0.00238. The van der Waals surface area contributed by atoms with Gasteiger partial charge in [0.1, 0.15) is 5.75 Å². The Bertz CT molecular complexity index is 1230. The summed E-state index contributed by atoms with van der Waals surface area (Å²) in [7, 11) is 4.72. The Labute approximate surface area is 221 Å². The van der Waals surface area contributed by atoms with Crippen LogP contribution in [0.1, 0.15) is 58.0 Å². The Morgan fingerprint density at radius 2 is 1.41 bits per heavy atom. The van der Waals surface area contributed by atoms with E-state index < -0.39 is 0 Å². The summed E-state index contributed by atoms with van der Waals surface area (Å²) in [5.74, 6) is 1.69. The number of piperidine rings is 1. The van der Waals surface area contributed by atoms with Gasteiger partial charge in [0.2, 0.25) is 5.91 Å². The molecule has 2 saturated heterocycles. The standard InChI is InChI=1S/C28H34N2O6S/c1-18(14-20-15-22(35-4)23(36-5)16-21(20)34-3)26(32)30-13-10-28(17-30)8-11-29(12-9-28)27(33)25-7-6-24(37-25)19(2)31/h6-7,14-16H,8-13,17H2,1-5H3/b18-14+. The molecule has 198 valence electrons. The summed E-state index contributed by atoms with van der Waals surface area (Å²) < 4.78 is 16.3. The number of rotatable bonds is 7. The molecular formula is C28H34N2O6S. The van der Waals surface area contributed by atoms with Gasteiger partial charge in [0.15, 0.2) is 17.3 Å². The van der Waals surface area contributed by atoms with Gasteiger partial charge in [-0.1, -0.05) is 0 Å². The van der Waals surface area contributed by atoms with Crippen molar-refractivity contribution in [1.29, 1.82) is 0 Å². The van der Waals surface area contributed by atoms with Crippen LogP contribution >= 0.6 is 11.3 Å². The molecule has 0 aliphatic carbocycles. The first-order valence-corrected chi connectivity index (χ1v) is 13.2. The predicted octanol–water partition coefficient (Wildman–Crippen LogP) is 4.53. The third kappa shape index (κ3) is 5.51. The number of Topliss-reactive ketones (excluding diaryl/α,β-unsaturated/α-hetero) is 1. The second-order valence-electron chi connectivity index (χ2n) is 9.77. The average molecular weight is 527 g/mol. The number of thiophene rings is 1. The topological polar surface area (TPSA) is 85.4 Å². The first-order valence-electron chi connectivity index (χ1n) is 12.4. The van der Waals surface area contributed by atoms with E-state index in [1.54, 1.807) is 45.6 Å². The highest BCUT2D eigenvalue weighted by Gasteiger charge is 2.43. The summed E-state index contributed by atoms with van der Waals surface area (Å²) in [6.07, 6.45) is 4.48. The van der Waals surface area contributed by atoms with Crippen LogP contribution in [0.3, 0.4) is 0 Å². The van der Waals surface area contributed by atoms with Crippen LogP contribution in [0.4, 0.5) is 0 Å². The third-order valence-corrected chi connectivity index (χ3v) is 8.62. The van der Waals surface area contributed by atoms with Crippen molar-refractivity contribution < 1.29 is 28.6 Å². The van der Waals surface area contributed by atoms with E-state index in [2.05, 4.69) is 0 Å². The van der Waals surface area contributed by atoms with Gasteiger partial charge in [0.05, 0.1) is 31.1 Å². The van der Waals surface area contributed by atoms with Gasteiger partial charge in [0.25, 0.3) is 5.91 Å². The Morgan fingerprint density at radius 3 is 1.97 bits per heavy atom. The molecule has 8 nitrogen and oxygen atoms in total. The van der Waals surface area contributed by atoms with E-state index in [0.717, 1.165) is 24.8 Å². The molecule has 1 aromatic heterocycles. The second-order valence-corrected chi connectivity index (χ2v) is 10.8. The Balaban J connectivity index is 1.40. The first kappa shape index (κ1) is 26.7. The first-order chi connectivity index (χ1) is 17.7. The van der Waals surface area contributed by atoms with Crippen molar-refractivity contribution in [1.82, 2.24) is 9.80 Å². The summed E-state index contributed by atoms with van der Waals surface area (Å²) in [5, 5.41) is 0. The molecule has 0 bridgehead atoms. The number of ether oxygens (including phenoxy) is 3. The molecule has 4 rings (SSSR count). The SMILES string of the molecule is COc1cc(OC)c(OC)cc1/C=C(\C)C(=O)N1CCC2(CCN(C(=O)c3ccc(C(C)=O)s3)CC2)C1. The van der Waals surface area contributed by atoms with Crippen LogP contribution in [-0.2, 0) is 4.79 Å². The Morgan fingerprint density at radius 1 is 0.838 bits per heavy atom. The van der Waals surface area contributed by atoms with Gasteiger partial charge in [-0.2, -0.15) is 0 Å². The van der Waals surface area contributed by atoms with Crippen molar-refractivity contribution >= 4 is 35.0 Å². The number of ketones is 1. The zero-order valence-corrected chi connectivity index (χ0v) is 22.9. The lowest BCUT2D eigenvalue weighted by molar-refractivity contribution is -0.126. The largest absolute Gasteiger partial charge is 0.496 e. The van der Waals surface area contributed by atoms with Crippen LogP contribution in [0.15, 0.2) is 29.8 Å². The highest BCUT2D eigenvalue weighted by Crippen LogP contribution is 2.41. The number of benzene rings is 1. The van der Waals surface area contributed by atoms with E-state index in [0.29, 0.717) is 58.8 Å². The molecule has 9 heteroatoms. The minimum atomic E-state index is -0.0220. The number of nitrogens with zero attached hydrogens (tertiary/aromatic N) is 2. The molecule has 1 spiro atoms. The second kappa shape index (κ2) is 11.0. The molecule has 3 heterocycles. The van der Waals surface area contributed by atoms with Crippen LogP contribution in [0.2, 0.25) is 0 Å². The fourth-order valence-corrected chi connectivity index (χ4v) is 6.08. The van der Waals surface area contributed by atoms with Crippen molar-refractivity contribution in [2.45, 2.75) is 33.1 Å². The quantitative estimate of drug-likeness (QED) is 0.389. The van der Waals surface area contributed by atoms with Crippen molar-refractivity contribution in [3.63, 3.8) is 0 Å². The number of carbonyl (C=O) groups is 3. The lowest BCUT2D eigenvalue weighted by Crippen LogP contribution is -2.44. The minimum Gasteiger partial charge on any atom is -0.496 e. The number of amides is 2. The Kier molecular flexibility index (Phi) is 7.92. The van der Waals surface area contributed by atoms with Gasteiger partial charge in [-0.15, -0.1) is 11.3 Å². The molecular weight excluding hydrogens is 492 g/mol. The fourth-order valence-electron chi connectivity index (χ4n) is 5.21. The average Bonchev–Trinajstić information content (AvgIpc) is 3.56. The van der Waals surface area contributed by atoms with Crippen LogP contribution in [-0.4, -0.2) is 74.9 Å². The number of hydrogen-bond donors (Lipinski definition) is 0. The lowest BCUT2D eigenvalue weighted by Gasteiger charge is -2.39. The van der Waals surface area contributed by atoms with Gasteiger partial charge in [0, 0.05) is 43.4 Å². The van der Waals surface area contributed by atoms with Crippen LogP contribution in [0.25, 0.3) is 6.08 Å². The van der Waals surface area contributed by atoms with Gasteiger partial charge >= 0.3 is 0 Å². The van der Waals surface area contributed by atoms with Crippen molar-refractivity contribution in [3.8, 4) is 17.2 Å². The molecule has 2 aliphatic heterocycles. The maximum Gasteiger partial charge on any atom is 0.263 e. The zero-order chi connectivity index (χ0) is 26.7. The van der Waals surface area contributed by atoms with E-state index in [1.165, 1.54) is 18.3 Å². The molecule has 37 heavy (non-hydrogen) atoms. The van der Waals surface area contributed by atoms with E-state index in [9.17, 15) is 14.4 Å². The molecule has 0 unspecified atom stereocenters. The number of methoxy groups -OCH3 is 3. The molecule has 1 aromatic carbocycles. The van der Waals surface area contributed by atoms with Gasteiger partial charge in [-0.25, -0.2) is 0 Å². The van der Waals surface area contributed by atoms with Crippen LogP contribution in [0.5, 0.6) is 17.2 Å². The zero-order valence-electron chi connectivity index (χ0n) is 22.1. The van der Waals surface area contributed by atoms with Crippen molar-refractivity contribution in [3.05, 3.63) is 45.2 Å². The van der Waals surface area contributed by atoms with Crippen molar-refractivity contribution in [2.24, 2.45) is 5.41 Å². The van der Waals surface area contributed by atoms with E-state index >= 15 is 0 Å². The Hall–Kier alpha value is -3.33. The molecule has 2 fully saturated rings. The van der Waals surface area contributed by atoms with Crippen LogP contribution < -0.4 is 14.2 Å². The maximum atomic E-state index is 13.3. The molecule has 2 aromatic rings. The molecule has 0 N–H and O–H groups in total. The molecule has 0 radical (unpaired) electrons. The molecule has 0 atom stereocenters. The summed E-state index contributed by atoms with van der Waals surface area (Å²) in [4.78, 5) is 42.9. The fraction of sp³-hybridized carbons (Fsp3) is 0.464. The highest BCUT2D eigenvalue weighted by atomic mass is 32.1. The monoisotopic (exact) mass is 526 g/mol. The normalized spacial score (nSPS) is 17.2. The summed E-state index contributed by atoms with van der Waals surface area (Å²) >= 11 is 1.26. The van der Waals surface area contributed by atoms with E-state index in [1.807, 2.05) is 22.8 Å². The van der Waals surface area contributed by atoms with E-state index in [-0.39, 0.29) is 23.0 Å². The third-order valence-electron chi connectivity index (χ3n) is 7.45. The molecule has 0 saturated carbocycles. The lowest BCUT2D eigenvalue weighted by atomic mass is 9.77. The molecule has 2 aliphatic rings. The van der Waals surface area contributed by atoms with E-state index in [4.69, 9.17) is 14.2 Å². The number of hydrogen-bond acceptors (Lipinski definition) is 7. The van der Waals surface area contributed by atoms with Gasteiger partial charge in [-0.3, -0.25) is 14.4 Å². The van der Waals surface area contributed by atoms with Gasteiger partial charge < -0.3 is 24.0 Å². The summed E-state index contributed by atoms with van der Waals surface area (Å²) in [6.45, 7) is 6.04.